The highest BCUT2D eigenvalue weighted by Crippen LogP contribution is 2.43. The van der Waals surface area contributed by atoms with Crippen LogP contribution in [0.15, 0.2) is 0 Å². The maximum absolute atomic E-state index is 11.2. The van der Waals surface area contributed by atoms with Crippen molar-refractivity contribution in [3.05, 3.63) is 0 Å². The van der Waals surface area contributed by atoms with Gasteiger partial charge in [-0.05, 0) is 0 Å². The summed E-state index contributed by atoms with van der Waals surface area (Å²) in [6.45, 7) is 4.00. The summed E-state index contributed by atoms with van der Waals surface area (Å²) in [5, 5.41) is 16.9. The quantitative estimate of drug-likeness (QED) is 0.369. The summed E-state index contributed by atoms with van der Waals surface area (Å²) in [6.07, 6.45) is 0. The van der Waals surface area contributed by atoms with Crippen molar-refractivity contribution in [2.24, 2.45) is 10.8 Å². The zero-order chi connectivity index (χ0) is 22.4. The van der Waals surface area contributed by atoms with Crippen molar-refractivity contribution < 1.29 is 48.6 Å². The molecule has 0 saturated carbocycles. The average Bonchev–Trinajstić information content (AvgIpc) is 2.68. The number of carbonyl (C=O) groups excluding carboxylic acids is 6. The predicted octanol–water partition coefficient (Wildman–Crippen LogP) is -2.23. The van der Waals surface area contributed by atoms with Crippen LogP contribution >= 0.6 is 0 Å². The van der Waals surface area contributed by atoms with Gasteiger partial charge in [0, 0.05) is 21.1 Å². The van der Waals surface area contributed by atoms with E-state index in [2.05, 4.69) is 0 Å². The Morgan fingerprint density at radius 2 is 0.828 bits per heavy atom. The number of hydrogen-bond acceptors (Lipinski definition) is 8. The number of carbonyl (C=O) groups is 8. The highest BCUT2D eigenvalue weighted by atomic mass is 16.4. The first-order valence-electron chi connectivity index (χ1n) is 7.76. The number of β-lactam (4-membered cyclic amide) rings is 6. The zero-order valence-electron chi connectivity index (χ0n) is 15.5. The lowest BCUT2D eigenvalue weighted by Gasteiger charge is -2.50. The Kier molecular flexibility index (Phi) is 6.80. The van der Waals surface area contributed by atoms with Crippen molar-refractivity contribution in [2.75, 3.05) is 21.1 Å². The summed E-state index contributed by atoms with van der Waals surface area (Å²) in [5.74, 6) is -9.22. The molecule has 0 unspecified atom stereocenters. The number of nitrogens with zero attached hydrogens (tertiary/aromatic N) is 3. The molecule has 6 amide bonds. The molecule has 0 aromatic rings. The van der Waals surface area contributed by atoms with Crippen LogP contribution in [-0.2, 0) is 38.4 Å². The normalized spacial score (nSPS) is 20.2. The molecule has 3 rings (SSSR count). The van der Waals surface area contributed by atoms with Crippen molar-refractivity contribution in [3.8, 4) is 0 Å². The maximum Gasteiger partial charge on any atom is 0.340 e. The van der Waals surface area contributed by atoms with Crippen molar-refractivity contribution >= 4 is 47.4 Å². The second kappa shape index (κ2) is 7.77. The van der Waals surface area contributed by atoms with Crippen LogP contribution in [0.25, 0.3) is 0 Å². The standard InChI is InChI=1S/C7H6N2O4.C6H5NO6.C2H6.CH4/c1-8-3(10)7(4(8)11)5(12)9(2)6(7)13;1-7-2(8)6(3(7)9,4(10)11)5(12)13;1-2;/h1-2H3;1H3,(H,10,11)(H,12,13);1-2H3;1H4. The van der Waals surface area contributed by atoms with Crippen LogP contribution in [0.3, 0.4) is 0 Å². The average molecular weight is 415 g/mol. The van der Waals surface area contributed by atoms with E-state index in [9.17, 15) is 38.4 Å². The SMILES string of the molecule is C.CC.CN1C(=O)C(C(=O)O)(C(=O)O)C1=O.CN1C(=O)C2(C1=O)C(=O)N(C)C2=O. The fourth-order valence-corrected chi connectivity index (χ4v) is 2.72. The smallest absolute Gasteiger partial charge is 0.340 e. The number of rotatable bonds is 2. The molecule has 3 heterocycles. The van der Waals surface area contributed by atoms with Gasteiger partial charge in [0.1, 0.15) is 0 Å². The molecule has 3 fully saturated rings. The fraction of sp³-hybridized carbons (Fsp3) is 0.500. The summed E-state index contributed by atoms with van der Waals surface area (Å²) in [6, 6.07) is 0. The van der Waals surface area contributed by atoms with Gasteiger partial charge in [-0.15, -0.1) is 0 Å². The van der Waals surface area contributed by atoms with Crippen LogP contribution in [0, 0.1) is 10.8 Å². The van der Waals surface area contributed by atoms with Gasteiger partial charge in [0.15, 0.2) is 0 Å². The van der Waals surface area contributed by atoms with Gasteiger partial charge in [0.2, 0.25) is 0 Å². The molecule has 13 nitrogen and oxygen atoms in total. The predicted molar refractivity (Wildman–Crippen MR) is 91.5 cm³/mol. The van der Waals surface area contributed by atoms with Crippen LogP contribution in [-0.4, -0.2) is 93.4 Å². The summed E-state index contributed by atoms with van der Waals surface area (Å²) in [7, 11) is 3.51. The van der Waals surface area contributed by atoms with Crippen molar-refractivity contribution in [1.29, 1.82) is 0 Å². The number of amides is 6. The molecule has 3 aliphatic rings. The molecule has 0 aliphatic carbocycles. The maximum atomic E-state index is 11.2. The Morgan fingerprint density at radius 1 is 0.621 bits per heavy atom. The molecule has 0 bridgehead atoms. The summed E-state index contributed by atoms with van der Waals surface area (Å²) in [5.41, 5.74) is -4.89. The van der Waals surface area contributed by atoms with Gasteiger partial charge in [0.25, 0.3) is 40.9 Å². The Labute approximate surface area is 164 Å². The molecule has 29 heavy (non-hydrogen) atoms. The first-order chi connectivity index (χ1) is 12.8. The number of aliphatic carboxylic acids is 2. The molecule has 1 spiro atoms. The zero-order valence-corrected chi connectivity index (χ0v) is 15.5. The fourth-order valence-electron chi connectivity index (χ4n) is 2.72. The molecule has 2 N–H and O–H groups in total. The second-order valence-corrected chi connectivity index (χ2v) is 5.62. The molecule has 0 aromatic heterocycles. The van der Waals surface area contributed by atoms with E-state index in [4.69, 9.17) is 10.2 Å². The van der Waals surface area contributed by atoms with Crippen LogP contribution in [0.4, 0.5) is 0 Å². The van der Waals surface area contributed by atoms with E-state index in [1.165, 1.54) is 14.1 Å². The number of imide groups is 3. The number of carboxylic acid groups (broad SMARTS) is 2. The Hall–Kier alpha value is -3.64. The monoisotopic (exact) mass is 415 g/mol. The van der Waals surface area contributed by atoms with Gasteiger partial charge in [-0.1, -0.05) is 21.3 Å². The molecule has 0 radical (unpaired) electrons. The van der Waals surface area contributed by atoms with Crippen LogP contribution in [0.5, 0.6) is 0 Å². The third-order valence-electron chi connectivity index (χ3n) is 4.39. The van der Waals surface area contributed by atoms with Gasteiger partial charge in [-0.25, -0.2) is 9.59 Å². The molecule has 160 valence electrons. The summed E-state index contributed by atoms with van der Waals surface area (Å²) < 4.78 is 0. The molecule has 13 heteroatoms. The Morgan fingerprint density at radius 3 is 1.00 bits per heavy atom. The Balaban J connectivity index is 0.000000483. The van der Waals surface area contributed by atoms with Gasteiger partial charge in [0.05, 0.1) is 0 Å². The lowest BCUT2D eigenvalue weighted by molar-refractivity contribution is -0.198. The van der Waals surface area contributed by atoms with Crippen molar-refractivity contribution in [3.63, 3.8) is 0 Å². The van der Waals surface area contributed by atoms with Crippen LogP contribution in [0.2, 0.25) is 0 Å². The largest absolute Gasteiger partial charge is 0.480 e. The molecule has 0 atom stereocenters. The minimum absolute atomic E-state index is 0. The molecule has 0 aromatic carbocycles. The summed E-state index contributed by atoms with van der Waals surface area (Å²) >= 11 is 0. The molecular formula is C16H21N3O10. The highest BCUT2D eigenvalue weighted by molar-refractivity contribution is 6.52. The van der Waals surface area contributed by atoms with E-state index >= 15 is 0 Å². The number of carboxylic acids is 2. The van der Waals surface area contributed by atoms with Crippen molar-refractivity contribution in [2.45, 2.75) is 21.3 Å². The van der Waals surface area contributed by atoms with E-state index in [0.29, 0.717) is 4.90 Å². The lowest BCUT2D eigenvalue weighted by atomic mass is 9.69. The third-order valence-corrected chi connectivity index (χ3v) is 4.39. The number of likely N-dealkylation sites (tertiary alicyclic amines) is 3. The minimum Gasteiger partial charge on any atom is -0.480 e. The van der Waals surface area contributed by atoms with E-state index in [1.807, 2.05) is 13.8 Å². The molecule has 3 aliphatic heterocycles. The van der Waals surface area contributed by atoms with Gasteiger partial charge in [-0.2, -0.15) is 0 Å². The first-order valence-corrected chi connectivity index (χ1v) is 7.76. The summed E-state index contributed by atoms with van der Waals surface area (Å²) in [4.78, 5) is 89.5. The topological polar surface area (TPSA) is 187 Å². The third kappa shape index (κ3) is 2.61. The molecule has 3 saturated heterocycles. The van der Waals surface area contributed by atoms with E-state index in [1.54, 1.807) is 0 Å². The van der Waals surface area contributed by atoms with Crippen LogP contribution < -0.4 is 0 Å². The molecular weight excluding hydrogens is 394 g/mol. The van der Waals surface area contributed by atoms with Crippen molar-refractivity contribution in [1.82, 2.24) is 14.7 Å². The lowest BCUT2D eigenvalue weighted by Crippen LogP contribution is -2.82. The van der Waals surface area contributed by atoms with Gasteiger partial charge < -0.3 is 10.2 Å². The number of hydrogen-bond donors (Lipinski definition) is 2. The van der Waals surface area contributed by atoms with E-state index < -0.39 is 58.2 Å². The van der Waals surface area contributed by atoms with Gasteiger partial charge >= 0.3 is 17.4 Å². The first kappa shape index (κ1) is 25.4. The second-order valence-electron chi connectivity index (χ2n) is 5.62. The Bertz CT molecular complexity index is 742. The van der Waals surface area contributed by atoms with E-state index in [-0.39, 0.29) is 7.43 Å². The highest BCUT2D eigenvalue weighted by Gasteiger charge is 2.78. The van der Waals surface area contributed by atoms with Gasteiger partial charge in [-0.3, -0.25) is 43.5 Å². The minimum atomic E-state index is -2.91. The van der Waals surface area contributed by atoms with Crippen LogP contribution in [0.1, 0.15) is 21.3 Å². The van der Waals surface area contributed by atoms with E-state index in [0.717, 1.165) is 16.8 Å².